The minimum absolute atomic E-state index is 0.258. The topological polar surface area (TPSA) is 50.4 Å². The molecule has 0 spiro atoms. The first kappa shape index (κ1) is 17.7. The second-order valence-electron chi connectivity index (χ2n) is 6.96. The Kier molecular flexibility index (Phi) is 5.76. The van der Waals surface area contributed by atoms with Crippen molar-refractivity contribution in [1.82, 2.24) is 5.32 Å². The summed E-state index contributed by atoms with van der Waals surface area (Å²) in [5, 5.41) is 8.17. The van der Waals surface area contributed by atoms with E-state index in [0.29, 0.717) is 16.7 Å². The zero-order chi connectivity index (χ0) is 17.1. The zero-order valence-corrected chi connectivity index (χ0v) is 16.1. The minimum atomic E-state index is -0.258. The summed E-state index contributed by atoms with van der Waals surface area (Å²) in [5.41, 5.74) is 1.86. The molecule has 1 fully saturated rings. The van der Waals surface area contributed by atoms with Gasteiger partial charge in [-0.1, -0.05) is 6.92 Å². The molecule has 4 nitrogen and oxygen atoms in total. The van der Waals surface area contributed by atoms with Crippen molar-refractivity contribution in [2.45, 2.75) is 64.3 Å². The molecule has 24 heavy (non-hydrogen) atoms. The first-order chi connectivity index (χ1) is 11.6. The van der Waals surface area contributed by atoms with E-state index in [2.05, 4.69) is 17.6 Å². The maximum absolute atomic E-state index is 12.3. The van der Waals surface area contributed by atoms with Crippen molar-refractivity contribution in [3.63, 3.8) is 0 Å². The molecule has 2 aliphatic rings. The maximum Gasteiger partial charge on any atom is 0.341 e. The summed E-state index contributed by atoms with van der Waals surface area (Å²) in [7, 11) is 1.44. The van der Waals surface area contributed by atoms with E-state index < -0.39 is 0 Å². The smallest absolute Gasteiger partial charge is 0.341 e. The summed E-state index contributed by atoms with van der Waals surface area (Å²) >= 11 is 7.16. The highest BCUT2D eigenvalue weighted by atomic mass is 32.1. The van der Waals surface area contributed by atoms with Crippen molar-refractivity contribution >= 4 is 39.6 Å². The van der Waals surface area contributed by atoms with Crippen molar-refractivity contribution in [2.75, 3.05) is 12.4 Å². The van der Waals surface area contributed by atoms with E-state index in [4.69, 9.17) is 17.0 Å². The predicted octanol–water partition coefficient (Wildman–Crippen LogP) is 4.28. The zero-order valence-electron chi connectivity index (χ0n) is 14.4. The van der Waals surface area contributed by atoms with Gasteiger partial charge in [0.1, 0.15) is 5.00 Å². The van der Waals surface area contributed by atoms with Crippen molar-refractivity contribution in [1.29, 1.82) is 0 Å². The van der Waals surface area contributed by atoms with Gasteiger partial charge >= 0.3 is 5.97 Å². The normalized spacial score (nSPS) is 23.2. The number of aryl methyl sites for hydroxylation is 1. The fourth-order valence-corrected chi connectivity index (χ4v) is 5.32. The van der Waals surface area contributed by atoms with Gasteiger partial charge in [0, 0.05) is 10.9 Å². The lowest BCUT2D eigenvalue weighted by Crippen LogP contribution is -2.39. The molecule has 0 aliphatic heterocycles. The van der Waals surface area contributed by atoms with Crippen LogP contribution >= 0.6 is 23.6 Å². The summed E-state index contributed by atoms with van der Waals surface area (Å²) in [6.45, 7) is 2.31. The third-order valence-electron chi connectivity index (χ3n) is 5.14. The summed E-state index contributed by atoms with van der Waals surface area (Å²) in [5.74, 6) is 0.561. The molecule has 1 aromatic rings. The molecule has 3 rings (SSSR count). The molecular weight excluding hydrogens is 340 g/mol. The van der Waals surface area contributed by atoms with Crippen LogP contribution < -0.4 is 10.6 Å². The Labute approximate surface area is 153 Å². The number of carbonyl (C=O) groups is 1. The molecule has 6 heteroatoms. The van der Waals surface area contributed by atoms with E-state index in [1.807, 2.05) is 0 Å². The predicted molar refractivity (Wildman–Crippen MR) is 103 cm³/mol. The van der Waals surface area contributed by atoms with Crippen molar-refractivity contribution in [2.24, 2.45) is 5.92 Å². The molecule has 0 saturated heterocycles. The first-order valence-electron chi connectivity index (χ1n) is 8.88. The van der Waals surface area contributed by atoms with Gasteiger partial charge in [0.25, 0.3) is 0 Å². The van der Waals surface area contributed by atoms with Crippen LogP contribution in [0.25, 0.3) is 0 Å². The van der Waals surface area contributed by atoms with Crippen LogP contribution in [0.5, 0.6) is 0 Å². The Morgan fingerprint density at radius 1 is 1.21 bits per heavy atom. The van der Waals surface area contributed by atoms with Crippen molar-refractivity contribution in [3.8, 4) is 0 Å². The van der Waals surface area contributed by atoms with Crippen LogP contribution in [0.3, 0.4) is 0 Å². The molecule has 0 amide bonds. The van der Waals surface area contributed by atoms with Crippen LogP contribution in [0, 0.1) is 5.92 Å². The minimum Gasteiger partial charge on any atom is -0.465 e. The Morgan fingerprint density at radius 3 is 2.62 bits per heavy atom. The van der Waals surface area contributed by atoms with E-state index in [0.717, 1.165) is 48.6 Å². The van der Waals surface area contributed by atoms with Crippen LogP contribution in [-0.2, 0) is 17.6 Å². The summed E-state index contributed by atoms with van der Waals surface area (Å²) < 4.78 is 5.01. The van der Waals surface area contributed by atoms with Gasteiger partial charge in [0.05, 0.1) is 12.7 Å². The highest BCUT2D eigenvalue weighted by molar-refractivity contribution is 7.80. The molecule has 1 heterocycles. The van der Waals surface area contributed by atoms with E-state index in [1.165, 1.54) is 31.2 Å². The molecule has 2 aliphatic carbocycles. The van der Waals surface area contributed by atoms with Gasteiger partial charge in [-0.25, -0.2) is 4.79 Å². The number of anilines is 1. The maximum atomic E-state index is 12.3. The lowest BCUT2D eigenvalue weighted by molar-refractivity contribution is 0.0601. The van der Waals surface area contributed by atoms with Crippen LogP contribution in [0.1, 0.15) is 66.2 Å². The number of esters is 1. The molecule has 0 unspecified atom stereocenters. The number of fused-ring (bicyclic) bond motifs is 1. The average Bonchev–Trinajstić information content (AvgIpc) is 2.94. The summed E-state index contributed by atoms with van der Waals surface area (Å²) in [6.07, 6.45) is 9.15. The fraction of sp³-hybridized carbons (Fsp3) is 0.667. The number of rotatable bonds is 3. The van der Waals surface area contributed by atoms with Crippen molar-refractivity contribution in [3.05, 3.63) is 16.0 Å². The molecule has 1 aromatic heterocycles. The largest absolute Gasteiger partial charge is 0.465 e. The Morgan fingerprint density at radius 2 is 1.92 bits per heavy atom. The Hall–Kier alpha value is -1.14. The number of hydrogen-bond donors (Lipinski definition) is 2. The molecule has 0 aromatic carbocycles. The van der Waals surface area contributed by atoms with Gasteiger partial charge in [-0.15, -0.1) is 11.3 Å². The number of thiocarbonyl (C=S) groups is 1. The fourth-order valence-electron chi connectivity index (χ4n) is 3.70. The molecule has 0 bridgehead atoms. The van der Waals surface area contributed by atoms with Gasteiger partial charge < -0.3 is 15.4 Å². The van der Waals surface area contributed by atoms with Crippen LogP contribution in [0.15, 0.2) is 0 Å². The summed E-state index contributed by atoms with van der Waals surface area (Å²) in [4.78, 5) is 13.6. The van der Waals surface area contributed by atoms with Gasteiger partial charge in [0.2, 0.25) is 0 Å². The lowest BCUT2D eigenvalue weighted by atomic mass is 9.87. The van der Waals surface area contributed by atoms with Gasteiger partial charge in [-0.2, -0.15) is 0 Å². The number of methoxy groups -OCH3 is 1. The number of thiophene rings is 1. The molecule has 2 N–H and O–H groups in total. The quantitative estimate of drug-likeness (QED) is 0.618. The van der Waals surface area contributed by atoms with E-state index in [9.17, 15) is 4.79 Å². The molecule has 132 valence electrons. The van der Waals surface area contributed by atoms with Crippen molar-refractivity contribution < 1.29 is 9.53 Å². The first-order valence-corrected chi connectivity index (χ1v) is 10.1. The van der Waals surface area contributed by atoms with E-state index >= 15 is 0 Å². The Bertz CT molecular complexity index is 619. The number of carbonyl (C=O) groups excluding carboxylic acids is 1. The average molecular weight is 367 g/mol. The highest BCUT2D eigenvalue weighted by Crippen LogP contribution is 2.38. The third kappa shape index (κ3) is 3.91. The van der Waals surface area contributed by atoms with Gasteiger partial charge in [0.15, 0.2) is 5.11 Å². The SMILES string of the molecule is COC(=O)c1c(NC(=S)NC2CCC(C)CC2)sc2c1CCCC2. The van der Waals surface area contributed by atoms with E-state index in [1.54, 1.807) is 11.3 Å². The van der Waals surface area contributed by atoms with E-state index in [-0.39, 0.29) is 5.97 Å². The highest BCUT2D eigenvalue weighted by Gasteiger charge is 2.27. The standard InChI is InChI=1S/C18H26N2O2S2/c1-11-7-9-12(10-8-11)19-18(23)20-16-15(17(21)22-2)13-5-3-4-6-14(13)24-16/h11-12H,3-10H2,1-2H3,(H2,19,20,23). The monoisotopic (exact) mass is 366 g/mol. The van der Waals surface area contributed by atoms with Gasteiger partial charge in [-0.3, -0.25) is 0 Å². The number of nitrogens with one attached hydrogen (secondary N) is 2. The van der Waals surface area contributed by atoms with Crippen LogP contribution in [0.2, 0.25) is 0 Å². The molecule has 0 atom stereocenters. The number of hydrogen-bond acceptors (Lipinski definition) is 4. The second-order valence-corrected chi connectivity index (χ2v) is 8.48. The third-order valence-corrected chi connectivity index (χ3v) is 6.57. The molecule has 0 radical (unpaired) electrons. The molecular formula is C18H26N2O2S2. The van der Waals surface area contributed by atoms with Crippen LogP contribution in [0.4, 0.5) is 5.00 Å². The lowest BCUT2D eigenvalue weighted by Gasteiger charge is -2.27. The summed E-state index contributed by atoms with van der Waals surface area (Å²) in [6, 6.07) is 0.442. The van der Waals surface area contributed by atoms with Crippen LogP contribution in [-0.4, -0.2) is 24.2 Å². The Balaban J connectivity index is 1.71. The number of ether oxygens (including phenoxy) is 1. The second kappa shape index (κ2) is 7.83. The molecule has 1 saturated carbocycles. The van der Waals surface area contributed by atoms with Gasteiger partial charge in [-0.05, 0) is 75.1 Å².